The van der Waals surface area contributed by atoms with E-state index in [4.69, 9.17) is 4.74 Å². The number of benzene rings is 3. The number of hydrogen-bond acceptors (Lipinski definition) is 2. The normalized spacial score (nSPS) is 12.8. The Morgan fingerprint density at radius 1 is 0.938 bits per heavy atom. The minimum absolute atomic E-state index is 0.0829. The minimum atomic E-state index is -0.553. The number of aryl methyl sites for hydroxylation is 1. The smallest absolute Gasteiger partial charge is 0.265 e. The fourth-order valence-corrected chi connectivity index (χ4v) is 4.21. The topological polar surface area (TPSA) is 43.3 Å². The number of fused-ring (bicyclic) bond motifs is 3. The maximum Gasteiger partial charge on any atom is 0.265 e. The number of aromatic nitrogens is 1. The van der Waals surface area contributed by atoms with Crippen molar-refractivity contribution in [2.45, 2.75) is 59.1 Å². The molecule has 0 unspecified atom stereocenters. The molecular formula is C28H32N2O2. The zero-order valence-corrected chi connectivity index (χ0v) is 19.6. The third-order valence-electron chi connectivity index (χ3n) is 6.02. The van der Waals surface area contributed by atoms with Crippen LogP contribution in [0.3, 0.4) is 0 Å². The third-order valence-corrected chi connectivity index (χ3v) is 6.02. The van der Waals surface area contributed by atoms with Crippen molar-refractivity contribution in [3.05, 3.63) is 72.3 Å². The lowest BCUT2D eigenvalue weighted by atomic mass is 9.87. The molecule has 0 saturated heterocycles. The summed E-state index contributed by atoms with van der Waals surface area (Å²) in [5.41, 5.74) is 4.49. The number of nitrogens with one attached hydrogen (secondary N) is 1. The van der Waals surface area contributed by atoms with Crippen molar-refractivity contribution in [3.8, 4) is 5.75 Å². The lowest BCUT2D eigenvalue weighted by Gasteiger charge is -2.21. The SMILES string of the molecule is CC[C@@H](Oc1ccc(C(C)(C)C)cc1)C(=O)Nc1ccc2c(c1)c1ccccc1n2CC. The molecule has 0 fully saturated rings. The maximum absolute atomic E-state index is 13.0. The van der Waals surface area contributed by atoms with E-state index in [2.05, 4.69) is 86.1 Å². The van der Waals surface area contributed by atoms with Crippen LogP contribution >= 0.6 is 0 Å². The second-order valence-electron chi connectivity index (χ2n) is 9.27. The zero-order chi connectivity index (χ0) is 22.9. The van der Waals surface area contributed by atoms with Crippen LogP contribution in [0.2, 0.25) is 0 Å². The summed E-state index contributed by atoms with van der Waals surface area (Å²) in [6.45, 7) is 11.6. The van der Waals surface area contributed by atoms with Gasteiger partial charge in [-0.3, -0.25) is 4.79 Å². The quantitative estimate of drug-likeness (QED) is 0.363. The molecule has 3 aromatic carbocycles. The lowest BCUT2D eigenvalue weighted by Crippen LogP contribution is -2.32. The zero-order valence-electron chi connectivity index (χ0n) is 19.6. The summed E-state index contributed by atoms with van der Waals surface area (Å²) in [6.07, 6.45) is 0.0349. The van der Waals surface area contributed by atoms with Gasteiger partial charge in [-0.2, -0.15) is 0 Å². The van der Waals surface area contributed by atoms with Crippen LogP contribution in [0.25, 0.3) is 21.8 Å². The number of hydrogen-bond donors (Lipinski definition) is 1. The van der Waals surface area contributed by atoms with Crippen LogP contribution in [-0.4, -0.2) is 16.6 Å². The van der Waals surface area contributed by atoms with Gasteiger partial charge in [-0.1, -0.05) is 58.0 Å². The summed E-state index contributed by atoms with van der Waals surface area (Å²) in [5, 5.41) is 5.40. The van der Waals surface area contributed by atoms with E-state index in [0.717, 1.165) is 17.6 Å². The van der Waals surface area contributed by atoms with Crippen LogP contribution in [-0.2, 0) is 16.8 Å². The molecule has 0 aliphatic rings. The van der Waals surface area contributed by atoms with E-state index >= 15 is 0 Å². The standard InChI is InChI=1S/C28H32N2O2/c1-6-26(32-21-15-12-19(13-16-21)28(3,4)5)27(31)29-20-14-17-25-23(18-20)22-10-8-9-11-24(22)30(25)7-2/h8-18,26H,6-7H2,1-5H3,(H,29,31)/t26-/m1/s1. The maximum atomic E-state index is 13.0. The number of carbonyl (C=O) groups excluding carboxylic acids is 1. The Kier molecular flexibility index (Phi) is 5.96. The van der Waals surface area contributed by atoms with Gasteiger partial charge in [-0.25, -0.2) is 0 Å². The fourth-order valence-electron chi connectivity index (χ4n) is 4.21. The Bertz CT molecular complexity index is 1250. The highest BCUT2D eigenvalue weighted by molar-refractivity contribution is 6.10. The molecule has 1 heterocycles. The summed E-state index contributed by atoms with van der Waals surface area (Å²) < 4.78 is 8.33. The van der Waals surface area contributed by atoms with Gasteiger partial charge in [0.2, 0.25) is 0 Å². The molecule has 1 aromatic heterocycles. The summed E-state index contributed by atoms with van der Waals surface area (Å²) in [7, 11) is 0. The molecule has 0 aliphatic carbocycles. The molecular weight excluding hydrogens is 396 g/mol. The molecule has 0 bridgehead atoms. The van der Waals surface area contributed by atoms with E-state index in [1.54, 1.807) is 0 Å². The van der Waals surface area contributed by atoms with E-state index in [-0.39, 0.29) is 11.3 Å². The summed E-state index contributed by atoms with van der Waals surface area (Å²) in [5.74, 6) is 0.576. The first-order valence-corrected chi connectivity index (χ1v) is 11.4. The van der Waals surface area contributed by atoms with Crippen molar-refractivity contribution in [2.24, 2.45) is 0 Å². The molecule has 4 rings (SSSR count). The van der Waals surface area contributed by atoms with Crippen LogP contribution < -0.4 is 10.1 Å². The van der Waals surface area contributed by atoms with Crippen LogP contribution in [0.1, 0.15) is 46.6 Å². The van der Waals surface area contributed by atoms with Crippen molar-refractivity contribution in [1.82, 2.24) is 4.57 Å². The summed E-state index contributed by atoms with van der Waals surface area (Å²) >= 11 is 0. The van der Waals surface area contributed by atoms with Crippen molar-refractivity contribution in [2.75, 3.05) is 5.32 Å². The molecule has 1 amide bonds. The number of rotatable bonds is 6. The molecule has 0 radical (unpaired) electrons. The van der Waals surface area contributed by atoms with Gasteiger partial charge in [0, 0.05) is 34.0 Å². The summed E-state index contributed by atoms with van der Waals surface area (Å²) in [6, 6.07) is 22.5. The lowest BCUT2D eigenvalue weighted by molar-refractivity contribution is -0.122. The van der Waals surface area contributed by atoms with E-state index in [9.17, 15) is 4.79 Å². The van der Waals surface area contributed by atoms with Gasteiger partial charge in [-0.05, 0) is 60.7 Å². The van der Waals surface area contributed by atoms with Crippen molar-refractivity contribution in [1.29, 1.82) is 0 Å². The second-order valence-corrected chi connectivity index (χ2v) is 9.27. The first kappa shape index (κ1) is 21.9. The number of nitrogens with zero attached hydrogens (tertiary/aromatic N) is 1. The predicted molar refractivity (Wildman–Crippen MR) is 134 cm³/mol. The third kappa shape index (κ3) is 4.22. The Hall–Kier alpha value is -3.27. The monoisotopic (exact) mass is 428 g/mol. The van der Waals surface area contributed by atoms with Crippen LogP contribution in [0.4, 0.5) is 5.69 Å². The minimum Gasteiger partial charge on any atom is -0.481 e. The number of amides is 1. The molecule has 32 heavy (non-hydrogen) atoms. The molecule has 4 heteroatoms. The first-order valence-electron chi connectivity index (χ1n) is 11.4. The van der Waals surface area contributed by atoms with Gasteiger partial charge < -0.3 is 14.6 Å². The van der Waals surface area contributed by atoms with Crippen molar-refractivity contribution >= 4 is 33.4 Å². The highest BCUT2D eigenvalue weighted by atomic mass is 16.5. The number of carbonyl (C=O) groups is 1. The molecule has 1 N–H and O–H groups in total. The Labute approximate surface area is 190 Å². The second kappa shape index (κ2) is 8.70. The van der Waals surface area contributed by atoms with Gasteiger partial charge in [0.05, 0.1) is 0 Å². The Morgan fingerprint density at radius 3 is 2.28 bits per heavy atom. The molecule has 0 spiro atoms. The van der Waals surface area contributed by atoms with E-state index < -0.39 is 6.10 Å². The van der Waals surface area contributed by atoms with Crippen molar-refractivity contribution in [3.63, 3.8) is 0 Å². The molecule has 0 saturated carbocycles. The molecule has 166 valence electrons. The number of ether oxygens (including phenoxy) is 1. The van der Waals surface area contributed by atoms with Crippen LogP contribution in [0.5, 0.6) is 5.75 Å². The van der Waals surface area contributed by atoms with Gasteiger partial charge in [0.15, 0.2) is 6.10 Å². The molecule has 1 atom stereocenters. The first-order chi connectivity index (χ1) is 15.3. The van der Waals surface area contributed by atoms with Gasteiger partial charge in [-0.15, -0.1) is 0 Å². The van der Waals surface area contributed by atoms with E-state index in [0.29, 0.717) is 12.2 Å². The van der Waals surface area contributed by atoms with Crippen LogP contribution in [0, 0.1) is 0 Å². The fraction of sp³-hybridized carbons (Fsp3) is 0.321. The summed E-state index contributed by atoms with van der Waals surface area (Å²) in [4.78, 5) is 13.0. The molecule has 4 aromatic rings. The highest BCUT2D eigenvalue weighted by Crippen LogP contribution is 2.31. The van der Waals surface area contributed by atoms with Crippen molar-refractivity contribution < 1.29 is 9.53 Å². The van der Waals surface area contributed by atoms with Gasteiger partial charge in [0.1, 0.15) is 5.75 Å². The predicted octanol–water partition coefficient (Wildman–Crippen LogP) is 6.91. The van der Waals surface area contributed by atoms with Gasteiger partial charge in [0.25, 0.3) is 5.91 Å². The van der Waals surface area contributed by atoms with E-state index in [1.807, 2.05) is 25.1 Å². The number of anilines is 1. The Morgan fingerprint density at radius 2 is 1.62 bits per heavy atom. The van der Waals surface area contributed by atoms with E-state index in [1.165, 1.54) is 22.0 Å². The largest absolute Gasteiger partial charge is 0.481 e. The highest BCUT2D eigenvalue weighted by Gasteiger charge is 2.20. The van der Waals surface area contributed by atoms with Gasteiger partial charge >= 0.3 is 0 Å². The average Bonchev–Trinajstić information content (AvgIpc) is 3.10. The van der Waals surface area contributed by atoms with Crippen LogP contribution in [0.15, 0.2) is 66.7 Å². The average molecular weight is 429 g/mol. The molecule has 4 nitrogen and oxygen atoms in total. The number of para-hydroxylation sites is 1. The Balaban J connectivity index is 1.55. The molecule has 0 aliphatic heterocycles.